The second-order valence-corrected chi connectivity index (χ2v) is 6.15. The van der Waals surface area contributed by atoms with Gasteiger partial charge in [-0.15, -0.1) is 11.8 Å². The molecule has 23 heavy (non-hydrogen) atoms. The van der Waals surface area contributed by atoms with E-state index in [1.807, 2.05) is 24.3 Å². The smallest absolute Gasteiger partial charge is 0.255 e. The average molecular weight is 328 g/mol. The number of hydrogen-bond donors (Lipinski definition) is 2. The minimum Gasteiger partial charge on any atom is -0.380 e. The van der Waals surface area contributed by atoms with Crippen LogP contribution in [-0.4, -0.2) is 24.7 Å². The molecule has 0 aliphatic carbocycles. The molecule has 0 fully saturated rings. The van der Waals surface area contributed by atoms with Crippen molar-refractivity contribution in [2.24, 2.45) is 0 Å². The molecule has 0 atom stereocenters. The Kier molecular flexibility index (Phi) is 4.64. The molecule has 0 saturated heterocycles. The van der Waals surface area contributed by atoms with E-state index < -0.39 is 0 Å². The normalized spacial score (nSPS) is 13.2. The van der Waals surface area contributed by atoms with Crippen molar-refractivity contribution in [3.8, 4) is 0 Å². The van der Waals surface area contributed by atoms with E-state index in [0.29, 0.717) is 23.6 Å². The molecule has 5 nitrogen and oxygen atoms in total. The van der Waals surface area contributed by atoms with Crippen molar-refractivity contribution >= 4 is 35.0 Å². The van der Waals surface area contributed by atoms with Crippen molar-refractivity contribution in [3.05, 3.63) is 53.6 Å². The summed E-state index contributed by atoms with van der Waals surface area (Å²) in [6.07, 6.45) is 0. The molecule has 0 spiro atoms. The highest BCUT2D eigenvalue weighted by molar-refractivity contribution is 8.00. The van der Waals surface area contributed by atoms with E-state index in [-0.39, 0.29) is 11.8 Å². The average Bonchev–Trinajstić information content (AvgIpc) is 2.55. The van der Waals surface area contributed by atoms with Gasteiger partial charge in [0.25, 0.3) is 5.91 Å². The second-order valence-electron chi connectivity index (χ2n) is 5.13. The monoisotopic (exact) mass is 328 g/mol. The minimum atomic E-state index is -0.191. The third kappa shape index (κ3) is 3.72. The van der Waals surface area contributed by atoms with Crippen LogP contribution in [0.2, 0.25) is 0 Å². The Labute approximate surface area is 138 Å². The molecule has 0 unspecified atom stereocenters. The van der Waals surface area contributed by atoms with Crippen LogP contribution in [0.5, 0.6) is 0 Å². The predicted molar refractivity (Wildman–Crippen MR) is 90.9 cm³/mol. The van der Waals surface area contributed by atoms with Crippen molar-refractivity contribution < 1.29 is 14.3 Å². The van der Waals surface area contributed by atoms with Crippen molar-refractivity contribution in [1.82, 2.24) is 0 Å². The number of hydrogen-bond acceptors (Lipinski definition) is 4. The number of ether oxygens (including phenoxy) is 1. The van der Waals surface area contributed by atoms with Gasteiger partial charge in [-0.3, -0.25) is 9.59 Å². The lowest BCUT2D eigenvalue weighted by molar-refractivity contribution is -0.113. The van der Waals surface area contributed by atoms with Crippen LogP contribution in [0.25, 0.3) is 0 Å². The van der Waals surface area contributed by atoms with Crippen LogP contribution in [0.3, 0.4) is 0 Å². The maximum Gasteiger partial charge on any atom is 0.255 e. The van der Waals surface area contributed by atoms with Crippen LogP contribution in [0.4, 0.5) is 11.4 Å². The molecule has 1 heterocycles. The molecule has 6 heteroatoms. The Morgan fingerprint density at radius 1 is 1.26 bits per heavy atom. The SMILES string of the molecule is COCc1ccc(C(=O)Nc2ccc3c(c2)NC(=O)CS3)cc1. The van der Waals surface area contributed by atoms with Crippen LogP contribution in [0.15, 0.2) is 47.4 Å². The van der Waals surface area contributed by atoms with Crippen LogP contribution in [-0.2, 0) is 16.1 Å². The van der Waals surface area contributed by atoms with Crippen molar-refractivity contribution in [1.29, 1.82) is 0 Å². The minimum absolute atomic E-state index is 0.0280. The third-order valence-electron chi connectivity index (χ3n) is 3.40. The molecular weight excluding hydrogens is 312 g/mol. The summed E-state index contributed by atoms with van der Waals surface area (Å²) in [4.78, 5) is 24.7. The Balaban J connectivity index is 1.72. The Morgan fingerprint density at radius 2 is 2.04 bits per heavy atom. The molecular formula is C17H16N2O3S. The van der Waals surface area contributed by atoms with Gasteiger partial charge in [-0.2, -0.15) is 0 Å². The van der Waals surface area contributed by atoms with E-state index in [1.54, 1.807) is 25.3 Å². The highest BCUT2D eigenvalue weighted by atomic mass is 32.2. The van der Waals surface area contributed by atoms with Crippen LogP contribution < -0.4 is 10.6 Å². The molecule has 1 aliphatic rings. The van der Waals surface area contributed by atoms with Gasteiger partial charge in [-0.1, -0.05) is 12.1 Å². The molecule has 118 valence electrons. The molecule has 2 aromatic carbocycles. The Morgan fingerprint density at radius 3 is 2.78 bits per heavy atom. The van der Waals surface area contributed by atoms with E-state index in [1.165, 1.54) is 11.8 Å². The molecule has 0 saturated carbocycles. The van der Waals surface area contributed by atoms with E-state index in [2.05, 4.69) is 10.6 Å². The Hall–Kier alpha value is -2.31. The van der Waals surface area contributed by atoms with Gasteiger partial charge in [-0.05, 0) is 35.9 Å². The zero-order chi connectivity index (χ0) is 16.2. The van der Waals surface area contributed by atoms with Crippen LogP contribution in [0.1, 0.15) is 15.9 Å². The first-order valence-corrected chi connectivity index (χ1v) is 8.10. The number of amides is 2. The van der Waals surface area contributed by atoms with Crippen LogP contribution in [0, 0.1) is 0 Å². The molecule has 0 bridgehead atoms. The number of carbonyl (C=O) groups excluding carboxylic acids is 2. The lowest BCUT2D eigenvalue weighted by Crippen LogP contribution is -2.19. The number of anilines is 2. The first-order valence-electron chi connectivity index (χ1n) is 7.11. The lowest BCUT2D eigenvalue weighted by Gasteiger charge is -2.17. The van der Waals surface area contributed by atoms with Crippen molar-refractivity contribution in [2.45, 2.75) is 11.5 Å². The summed E-state index contributed by atoms with van der Waals surface area (Å²) < 4.78 is 5.05. The van der Waals surface area contributed by atoms with Gasteiger partial charge in [0.05, 0.1) is 18.0 Å². The third-order valence-corrected chi connectivity index (χ3v) is 4.47. The number of carbonyl (C=O) groups is 2. The molecule has 2 aromatic rings. The number of methoxy groups -OCH3 is 1. The predicted octanol–water partition coefficient (Wildman–Crippen LogP) is 3.13. The van der Waals surface area contributed by atoms with Crippen molar-refractivity contribution in [3.63, 3.8) is 0 Å². The number of thioether (sulfide) groups is 1. The van der Waals surface area contributed by atoms with Gasteiger partial charge in [0.2, 0.25) is 5.91 Å². The molecule has 0 radical (unpaired) electrons. The molecule has 3 rings (SSSR count). The lowest BCUT2D eigenvalue weighted by atomic mass is 10.1. The summed E-state index contributed by atoms with van der Waals surface area (Å²) >= 11 is 1.49. The Bertz CT molecular complexity index is 744. The summed E-state index contributed by atoms with van der Waals surface area (Å²) in [5.41, 5.74) is 2.97. The standard InChI is InChI=1S/C17H16N2O3S/c1-22-9-11-2-4-12(5-3-11)17(21)18-13-6-7-15-14(8-13)19-16(20)10-23-15/h2-8H,9-10H2,1H3,(H,18,21)(H,19,20). The largest absolute Gasteiger partial charge is 0.380 e. The fourth-order valence-electron chi connectivity index (χ4n) is 2.28. The number of rotatable bonds is 4. The second kappa shape index (κ2) is 6.85. The summed E-state index contributed by atoms with van der Waals surface area (Å²) in [7, 11) is 1.63. The number of nitrogens with one attached hydrogen (secondary N) is 2. The van der Waals surface area contributed by atoms with E-state index >= 15 is 0 Å². The first kappa shape index (κ1) is 15.6. The molecule has 1 aliphatic heterocycles. The van der Waals surface area contributed by atoms with Crippen LogP contribution >= 0.6 is 11.8 Å². The van der Waals surface area contributed by atoms with Gasteiger partial charge < -0.3 is 15.4 Å². The van der Waals surface area contributed by atoms with Crippen molar-refractivity contribution in [2.75, 3.05) is 23.5 Å². The number of benzene rings is 2. The summed E-state index contributed by atoms with van der Waals surface area (Å²) in [6.45, 7) is 0.518. The van der Waals surface area contributed by atoms with Gasteiger partial charge in [0.15, 0.2) is 0 Å². The molecule has 2 N–H and O–H groups in total. The maximum atomic E-state index is 12.3. The van der Waals surface area contributed by atoms with E-state index in [9.17, 15) is 9.59 Å². The summed E-state index contributed by atoms with van der Waals surface area (Å²) in [5.74, 6) is 0.204. The number of fused-ring (bicyclic) bond motifs is 1. The highest BCUT2D eigenvalue weighted by Gasteiger charge is 2.16. The first-order chi connectivity index (χ1) is 11.2. The fourth-order valence-corrected chi connectivity index (χ4v) is 3.07. The van der Waals surface area contributed by atoms with Gasteiger partial charge in [-0.25, -0.2) is 0 Å². The topological polar surface area (TPSA) is 67.4 Å². The summed E-state index contributed by atoms with van der Waals surface area (Å²) in [5, 5.41) is 5.65. The van der Waals surface area contributed by atoms with Gasteiger partial charge in [0, 0.05) is 23.3 Å². The van der Waals surface area contributed by atoms with Gasteiger partial charge >= 0.3 is 0 Å². The molecule has 2 amide bonds. The quantitative estimate of drug-likeness (QED) is 0.905. The van der Waals surface area contributed by atoms with E-state index in [4.69, 9.17) is 4.74 Å². The highest BCUT2D eigenvalue weighted by Crippen LogP contribution is 2.33. The van der Waals surface area contributed by atoms with Gasteiger partial charge in [0.1, 0.15) is 0 Å². The molecule has 0 aromatic heterocycles. The van der Waals surface area contributed by atoms with E-state index in [0.717, 1.165) is 16.1 Å². The fraction of sp³-hybridized carbons (Fsp3) is 0.176. The maximum absolute atomic E-state index is 12.3. The zero-order valence-corrected chi connectivity index (χ0v) is 13.4. The summed E-state index contributed by atoms with van der Waals surface area (Å²) in [6, 6.07) is 12.8. The zero-order valence-electron chi connectivity index (χ0n) is 12.6.